The number of carbonyl (C=O) groups excluding carboxylic acids is 5. The summed E-state index contributed by atoms with van der Waals surface area (Å²) in [7, 11) is -6.21. The van der Waals surface area contributed by atoms with Gasteiger partial charge in [0.15, 0.2) is 22.4 Å². The monoisotopic (exact) mass is 1170 g/mol. The van der Waals surface area contributed by atoms with Crippen LogP contribution in [-0.4, -0.2) is 104 Å². The Bertz CT molecular complexity index is 2690. The molecule has 0 saturated heterocycles. The lowest BCUT2D eigenvalue weighted by atomic mass is 9.86. The van der Waals surface area contributed by atoms with E-state index in [1.54, 1.807) is 33.3 Å². The van der Waals surface area contributed by atoms with Crippen LogP contribution in [0.15, 0.2) is 48.6 Å². The molecular weight excluding hydrogens is 1070 g/mol. The van der Waals surface area contributed by atoms with Crippen LogP contribution in [-0.2, 0) is 59.7 Å². The highest BCUT2D eigenvalue weighted by molar-refractivity contribution is 7.63. The fraction of sp³-hybridized carbons (Fsp3) is 0.652. The number of hydrogen-bond donors (Lipinski definition) is 0. The molecule has 2 fully saturated rings. The average Bonchev–Trinajstić information content (AvgIpc) is 4.34. The van der Waals surface area contributed by atoms with Crippen molar-refractivity contribution < 1.29 is 56.3 Å². The summed E-state index contributed by atoms with van der Waals surface area (Å²) in [4.78, 5) is 59.9. The van der Waals surface area contributed by atoms with Gasteiger partial charge in [-0.1, -0.05) is 97.9 Å². The van der Waals surface area contributed by atoms with E-state index in [2.05, 4.69) is 128 Å². The van der Waals surface area contributed by atoms with Crippen LogP contribution >= 0.6 is 7.14 Å². The second-order valence-corrected chi connectivity index (χ2v) is 38.9. The number of Topliss-reactive ketones (excluding diaryl/α,β-unsaturated/α-hetero) is 1. The van der Waals surface area contributed by atoms with Crippen molar-refractivity contribution in [3.8, 4) is 35.2 Å². The van der Waals surface area contributed by atoms with E-state index in [0.717, 1.165) is 73.0 Å². The number of esters is 2. The first-order valence-electron chi connectivity index (χ1n) is 29.6. The van der Waals surface area contributed by atoms with Gasteiger partial charge < -0.3 is 37.2 Å². The Labute approximate surface area is 489 Å². The zero-order chi connectivity index (χ0) is 60.7. The molecule has 0 aromatic heterocycles. The molecule has 2 saturated carbocycles. The molecule has 6 rings (SSSR count). The SMILES string of the molecule is CC#CC[C@H](C)C(=O)/C=C/[C@@H]1[C@H]2c3cccc(CCCC(=O)OCC)c3O[C@H]2C[C@H]1O[Si](C)(C)C(C)(C)C.CC#CC[C@H](C)C(=O)CP(C)(C)=O.CCOC(=O)CCCc1cccc2c1O[C@H]1C[C@@H](O[Si](C)(C)C(C)(C)C)[C@H](C=O)[C@@H]21. The predicted octanol–water partition coefficient (Wildman–Crippen LogP) is 14.3. The van der Waals surface area contributed by atoms with Crippen molar-refractivity contribution in [3.05, 3.63) is 70.8 Å². The lowest BCUT2D eigenvalue weighted by molar-refractivity contribution is -0.144. The zero-order valence-electron chi connectivity index (χ0n) is 52.5. The summed E-state index contributed by atoms with van der Waals surface area (Å²) in [5.74, 6) is 13.1. The molecule has 2 aliphatic heterocycles. The minimum atomic E-state index is -2.21. The van der Waals surface area contributed by atoms with Crippen LogP contribution in [0.4, 0.5) is 0 Å². The third-order valence-electron chi connectivity index (χ3n) is 17.1. The van der Waals surface area contributed by atoms with Gasteiger partial charge in [-0.05, 0) is 120 Å². The highest BCUT2D eigenvalue weighted by Crippen LogP contribution is 2.55. The largest absolute Gasteiger partial charge is 0.489 e. The van der Waals surface area contributed by atoms with Crippen molar-refractivity contribution >= 4 is 53.6 Å². The number of aldehydes is 1. The van der Waals surface area contributed by atoms with Gasteiger partial charge in [0.25, 0.3) is 0 Å². The molecule has 15 heteroatoms. The molecule has 2 aromatic carbocycles. The molecule has 0 N–H and O–H groups in total. The van der Waals surface area contributed by atoms with Crippen LogP contribution in [0.2, 0.25) is 36.3 Å². The van der Waals surface area contributed by atoms with Gasteiger partial charge in [0, 0.05) is 79.2 Å². The lowest BCUT2D eigenvalue weighted by Gasteiger charge is -2.40. The molecule has 0 unspecified atom stereocenters. The summed E-state index contributed by atoms with van der Waals surface area (Å²) in [6, 6.07) is 12.5. The molecule has 0 radical (unpaired) electrons. The third-order valence-corrected chi connectivity index (χ3v) is 27.2. The van der Waals surface area contributed by atoms with Crippen molar-refractivity contribution in [3.63, 3.8) is 0 Å². The van der Waals surface area contributed by atoms with Crippen LogP contribution in [0.3, 0.4) is 0 Å². The molecule has 81 heavy (non-hydrogen) atoms. The first kappa shape index (κ1) is 68.9. The number of para-hydroxylation sites is 2. The Hall–Kier alpha value is -4.57. The third kappa shape index (κ3) is 19.2. The van der Waals surface area contributed by atoms with E-state index in [-0.39, 0.29) is 99.7 Å². The molecule has 0 spiro atoms. The fourth-order valence-electron chi connectivity index (χ4n) is 10.5. The lowest BCUT2D eigenvalue weighted by Crippen LogP contribution is -2.45. The number of allylic oxidation sites excluding steroid dienone is 1. The molecule has 2 aromatic rings. The van der Waals surface area contributed by atoms with Crippen molar-refractivity contribution in [2.75, 3.05) is 32.7 Å². The average molecular weight is 1170 g/mol. The van der Waals surface area contributed by atoms with Crippen LogP contribution < -0.4 is 9.47 Å². The number of fused-ring (bicyclic) bond motifs is 6. The molecule has 4 aliphatic rings. The summed E-state index contributed by atoms with van der Waals surface area (Å²) in [5, 5.41) is 0.190. The van der Waals surface area contributed by atoms with E-state index >= 15 is 0 Å². The second kappa shape index (κ2) is 30.3. The molecule has 0 bridgehead atoms. The molecular formula is C66H99O12PSi2. The quantitative estimate of drug-likeness (QED) is 0.0259. The number of carbonyl (C=O) groups is 5. The summed E-state index contributed by atoms with van der Waals surface area (Å²) in [5.41, 5.74) is 4.55. The standard InChI is InChI=1S/C32H46O5Si.C24H36O5Si.C10H17O2P/c1-9-11-14-22(3)26(33)20-19-24-27(37-38(7,8)32(4,5)6)21-28-30(24)25-17-12-15-23(31(25)36-28)16-13-18-29(34)35-10-2;1-7-27-21(26)13-9-11-16-10-8-12-17-22-18(15-25)19(14-20(22)28-23(16)17)29-30(5,6)24(2,3)4;1-5-6-7-9(2)10(11)8-13(3,4)12/h12,15,17,19-20,22,24,27-28,30H,10,13-14,16,18,21H2,1-8H3;8,10,12,15,18-20,22H,7,9,11,13-14H2,1-6H3;9H,7-8H2,1-4H3/b20-19+;;/t22-,24-,27+,28-,30-;18-,19+,20-,22+;9-/m000/s1. The maximum atomic E-state index is 12.9. The number of ether oxygens (including phenoxy) is 4. The van der Waals surface area contributed by atoms with E-state index in [9.17, 15) is 28.5 Å². The van der Waals surface area contributed by atoms with Gasteiger partial charge in [0.1, 0.15) is 35.8 Å². The Balaban J connectivity index is 0.000000291. The highest BCUT2D eigenvalue weighted by Gasteiger charge is 2.54. The molecule has 12 nitrogen and oxygen atoms in total. The number of benzene rings is 2. The van der Waals surface area contributed by atoms with Gasteiger partial charge in [0.2, 0.25) is 0 Å². The summed E-state index contributed by atoms with van der Waals surface area (Å²) in [6.45, 7) is 37.6. The molecule has 448 valence electrons. The maximum absolute atomic E-state index is 12.9. The number of rotatable bonds is 23. The first-order valence-corrected chi connectivity index (χ1v) is 38.2. The zero-order valence-corrected chi connectivity index (χ0v) is 55.4. The van der Waals surface area contributed by atoms with Gasteiger partial charge >= 0.3 is 11.9 Å². The van der Waals surface area contributed by atoms with E-state index < -0.39 is 23.8 Å². The minimum absolute atomic E-state index is 0.00121. The summed E-state index contributed by atoms with van der Waals surface area (Å²) < 4.78 is 48.0. The van der Waals surface area contributed by atoms with E-state index in [0.29, 0.717) is 38.9 Å². The molecule has 2 aliphatic carbocycles. The van der Waals surface area contributed by atoms with Crippen molar-refractivity contribution in [1.82, 2.24) is 0 Å². The second-order valence-electron chi connectivity index (χ2n) is 26.0. The van der Waals surface area contributed by atoms with Crippen LogP contribution in [0.5, 0.6) is 11.5 Å². The highest BCUT2D eigenvalue weighted by atomic mass is 31.2. The van der Waals surface area contributed by atoms with Crippen molar-refractivity contribution in [1.29, 1.82) is 0 Å². The summed E-state index contributed by atoms with van der Waals surface area (Å²) >= 11 is 0. The van der Waals surface area contributed by atoms with Gasteiger partial charge in [-0.15, -0.1) is 23.7 Å². The molecule has 2 heterocycles. The van der Waals surface area contributed by atoms with E-state index in [1.165, 1.54) is 5.56 Å². The molecule has 10 atom stereocenters. The normalized spacial score (nSPS) is 22.4. The van der Waals surface area contributed by atoms with Gasteiger partial charge in [-0.25, -0.2) is 0 Å². The smallest absolute Gasteiger partial charge is 0.305 e. The van der Waals surface area contributed by atoms with Gasteiger partial charge in [-0.3, -0.25) is 19.2 Å². The Kier molecular flexibility index (Phi) is 25.8. The number of ketones is 2. The van der Waals surface area contributed by atoms with Crippen LogP contribution in [0.25, 0.3) is 0 Å². The number of aryl methyl sites for hydroxylation is 2. The Morgan fingerprint density at radius 3 is 1.51 bits per heavy atom. The predicted molar refractivity (Wildman–Crippen MR) is 331 cm³/mol. The number of hydrogen-bond acceptors (Lipinski definition) is 12. The molecule has 0 amide bonds. The Morgan fingerprint density at radius 2 is 1.11 bits per heavy atom. The van der Waals surface area contributed by atoms with E-state index in [1.807, 2.05) is 33.8 Å². The van der Waals surface area contributed by atoms with Crippen molar-refractivity contribution in [2.45, 2.75) is 220 Å². The van der Waals surface area contributed by atoms with Gasteiger partial charge in [0.05, 0.1) is 44.6 Å². The minimum Gasteiger partial charge on any atom is -0.489 e. The maximum Gasteiger partial charge on any atom is 0.305 e. The van der Waals surface area contributed by atoms with Gasteiger partial charge in [-0.2, -0.15) is 0 Å². The van der Waals surface area contributed by atoms with E-state index in [4.69, 9.17) is 27.8 Å². The first-order chi connectivity index (χ1) is 37.8. The van der Waals surface area contributed by atoms with Crippen LogP contribution in [0, 0.1) is 47.4 Å². The van der Waals surface area contributed by atoms with Crippen molar-refractivity contribution in [2.24, 2.45) is 23.7 Å². The fourth-order valence-corrected chi connectivity index (χ4v) is 14.3. The van der Waals surface area contributed by atoms with Crippen LogP contribution in [0.1, 0.15) is 169 Å². The summed E-state index contributed by atoms with van der Waals surface area (Å²) in [6.07, 6.45) is 11.5. The topological polar surface area (TPSA) is 158 Å². The Morgan fingerprint density at radius 1 is 0.691 bits per heavy atom.